The number of hydrogen-bond acceptors (Lipinski definition) is 4. The molecule has 0 radical (unpaired) electrons. The number of urea groups is 1. The topological polar surface area (TPSA) is 73.9 Å². The van der Waals surface area contributed by atoms with Crippen LogP contribution < -0.4 is 15.4 Å². The minimum Gasteiger partial charge on any atom is -0.495 e. The number of methoxy groups -OCH3 is 1. The summed E-state index contributed by atoms with van der Waals surface area (Å²) in [6, 6.07) is 5.14. The predicted molar refractivity (Wildman–Crippen MR) is 98.3 cm³/mol. The molecule has 1 aliphatic heterocycles. The molecule has 0 unspecified atom stereocenters. The Morgan fingerprint density at radius 1 is 1.24 bits per heavy atom. The van der Waals surface area contributed by atoms with Gasteiger partial charge in [-0.05, 0) is 32.0 Å². The number of amides is 3. The summed E-state index contributed by atoms with van der Waals surface area (Å²) < 4.78 is 5.23. The van der Waals surface area contributed by atoms with Crippen LogP contribution in [0, 0.1) is 0 Å². The fourth-order valence-corrected chi connectivity index (χ4v) is 2.79. The Balaban J connectivity index is 1.83. The molecule has 25 heavy (non-hydrogen) atoms. The summed E-state index contributed by atoms with van der Waals surface area (Å²) in [5.41, 5.74) is 0.551. The van der Waals surface area contributed by atoms with Crippen LogP contribution >= 0.6 is 11.6 Å². The molecule has 1 aromatic carbocycles. The van der Waals surface area contributed by atoms with Crippen molar-refractivity contribution in [1.82, 2.24) is 15.1 Å². The highest BCUT2D eigenvalue weighted by Crippen LogP contribution is 2.27. The Morgan fingerprint density at radius 3 is 2.52 bits per heavy atom. The normalized spacial score (nSPS) is 15.2. The summed E-state index contributed by atoms with van der Waals surface area (Å²) in [5.74, 6) is 0.425. The van der Waals surface area contributed by atoms with Gasteiger partial charge in [-0.15, -0.1) is 0 Å². The molecule has 138 valence electrons. The van der Waals surface area contributed by atoms with Crippen LogP contribution in [0.2, 0.25) is 5.02 Å². The van der Waals surface area contributed by atoms with Gasteiger partial charge >= 0.3 is 6.03 Å². The van der Waals surface area contributed by atoms with E-state index in [9.17, 15) is 9.59 Å². The average Bonchev–Trinajstić information content (AvgIpc) is 2.55. The highest BCUT2D eigenvalue weighted by Gasteiger charge is 2.23. The molecule has 7 nitrogen and oxygen atoms in total. The molecule has 1 fully saturated rings. The number of ether oxygens (including phenoxy) is 1. The molecule has 8 heteroatoms. The van der Waals surface area contributed by atoms with Gasteiger partial charge in [-0.3, -0.25) is 9.69 Å². The maximum atomic E-state index is 12.3. The van der Waals surface area contributed by atoms with Crippen LogP contribution in [-0.2, 0) is 4.79 Å². The first kappa shape index (κ1) is 19.3. The van der Waals surface area contributed by atoms with Crippen LogP contribution in [0.1, 0.15) is 13.8 Å². The fraction of sp³-hybridized carbons (Fsp3) is 0.529. The Morgan fingerprint density at radius 2 is 1.92 bits per heavy atom. The van der Waals surface area contributed by atoms with Crippen molar-refractivity contribution in [2.24, 2.45) is 0 Å². The number of hydrogen-bond donors (Lipinski definition) is 2. The van der Waals surface area contributed by atoms with Crippen molar-refractivity contribution < 1.29 is 14.3 Å². The minimum atomic E-state index is -0.138. The molecule has 1 saturated heterocycles. The highest BCUT2D eigenvalue weighted by atomic mass is 35.5. The third-order valence-electron chi connectivity index (χ3n) is 3.87. The monoisotopic (exact) mass is 368 g/mol. The van der Waals surface area contributed by atoms with Gasteiger partial charge in [0.05, 0.1) is 19.3 Å². The Kier molecular flexibility index (Phi) is 6.90. The second-order valence-corrected chi connectivity index (χ2v) is 6.70. The number of nitrogens with zero attached hydrogens (tertiary/aromatic N) is 2. The van der Waals surface area contributed by atoms with E-state index in [-0.39, 0.29) is 24.5 Å². The van der Waals surface area contributed by atoms with Crippen molar-refractivity contribution >= 4 is 29.2 Å². The van der Waals surface area contributed by atoms with E-state index in [2.05, 4.69) is 10.6 Å². The number of carbonyl (C=O) groups is 2. The van der Waals surface area contributed by atoms with Crippen molar-refractivity contribution in [2.75, 3.05) is 45.2 Å². The Labute approximate surface area is 153 Å². The molecule has 0 saturated carbocycles. The van der Waals surface area contributed by atoms with Crippen molar-refractivity contribution in [1.29, 1.82) is 0 Å². The summed E-state index contributed by atoms with van der Waals surface area (Å²) >= 11 is 5.97. The number of carbonyl (C=O) groups excluding carboxylic acids is 2. The summed E-state index contributed by atoms with van der Waals surface area (Å²) in [6.45, 7) is 6.65. The first-order valence-electron chi connectivity index (χ1n) is 8.30. The number of benzene rings is 1. The first-order valence-corrected chi connectivity index (χ1v) is 8.68. The number of halogens is 1. The number of anilines is 1. The predicted octanol–water partition coefficient (Wildman–Crippen LogP) is 2.02. The van der Waals surface area contributed by atoms with Crippen molar-refractivity contribution in [3.05, 3.63) is 23.2 Å². The van der Waals surface area contributed by atoms with Gasteiger partial charge < -0.3 is 20.3 Å². The lowest BCUT2D eigenvalue weighted by Crippen LogP contribution is -2.53. The lowest BCUT2D eigenvalue weighted by atomic mass is 10.2. The SMILES string of the molecule is COc1ccc(Cl)cc1NC(=O)CN1CCN(C(=O)NC(C)C)CC1. The van der Waals surface area contributed by atoms with Gasteiger partial charge in [0.2, 0.25) is 5.91 Å². The standard InChI is InChI=1S/C17H25ClN4O3/c1-12(2)19-17(24)22-8-6-21(7-9-22)11-16(23)20-14-10-13(18)4-5-15(14)25-3/h4-5,10,12H,6-9,11H2,1-3H3,(H,19,24)(H,20,23). The fourth-order valence-electron chi connectivity index (χ4n) is 2.62. The van der Waals surface area contributed by atoms with E-state index >= 15 is 0 Å². The van der Waals surface area contributed by atoms with Gasteiger partial charge in [0.1, 0.15) is 5.75 Å². The number of nitrogens with one attached hydrogen (secondary N) is 2. The highest BCUT2D eigenvalue weighted by molar-refractivity contribution is 6.31. The first-order chi connectivity index (χ1) is 11.9. The second kappa shape index (κ2) is 8.92. The molecular formula is C17H25ClN4O3. The molecular weight excluding hydrogens is 344 g/mol. The van der Waals surface area contributed by atoms with Crippen LogP contribution in [-0.4, -0.2) is 67.6 Å². The molecule has 1 aromatic rings. The molecule has 2 rings (SSSR count). The van der Waals surface area contributed by atoms with Crippen molar-refractivity contribution in [3.63, 3.8) is 0 Å². The number of rotatable bonds is 5. The van der Waals surface area contributed by atoms with Crippen LogP contribution in [0.25, 0.3) is 0 Å². The zero-order valence-electron chi connectivity index (χ0n) is 14.8. The Bertz CT molecular complexity index is 616. The van der Waals surface area contributed by atoms with Crippen molar-refractivity contribution in [2.45, 2.75) is 19.9 Å². The van der Waals surface area contributed by atoms with E-state index in [1.54, 1.807) is 30.2 Å². The average molecular weight is 369 g/mol. The summed E-state index contributed by atoms with van der Waals surface area (Å²) in [7, 11) is 1.54. The van der Waals surface area contributed by atoms with Crippen molar-refractivity contribution in [3.8, 4) is 5.75 Å². The maximum Gasteiger partial charge on any atom is 0.317 e. The third kappa shape index (κ3) is 5.79. The van der Waals surface area contributed by atoms with Crippen LogP contribution in [0.4, 0.5) is 10.5 Å². The minimum absolute atomic E-state index is 0.0530. The zero-order chi connectivity index (χ0) is 18.4. The van der Waals surface area contributed by atoms with Gasteiger partial charge in [0.15, 0.2) is 0 Å². The molecule has 0 atom stereocenters. The van der Waals surface area contributed by atoms with Gasteiger partial charge in [0, 0.05) is 37.2 Å². The molecule has 0 aromatic heterocycles. The maximum absolute atomic E-state index is 12.3. The smallest absolute Gasteiger partial charge is 0.317 e. The lowest BCUT2D eigenvalue weighted by Gasteiger charge is -2.34. The third-order valence-corrected chi connectivity index (χ3v) is 4.11. The van der Waals surface area contributed by atoms with Crippen LogP contribution in [0.5, 0.6) is 5.75 Å². The van der Waals surface area contributed by atoms with Gasteiger partial charge in [-0.2, -0.15) is 0 Å². The van der Waals surface area contributed by atoms with E-state index < -0.39 is 0 Å². The molecule has 0 spiro atoms. The van der Waals surface area contributed by atoms with Gasteiger partial charge in [-0.25, -0.2) is 4.79 Å². The molecule has 1 heterocycles. The lowest BCUT2D eigenvalue weighted by molar-refractivity contribution is -0.117. The van der Waals surface area contributed by atoms with E-state index in [4.69, 9.17) is 16.3 Å². The molecule has 0 aliphatic carbocycles. The molecule has 3 amide bonds. The van der Waals surface area contributed by atoms with Crippen LogP contribution in [0.15, 0.2) is 18.2 Å². The quantitative estimate of drug-likeness (QED) is 0.834. The zero-order valence-corrected chi connectivity index (χ0v) is 15.6. The number of piperazine rings is 1. The van der Waals surface area contributed by atoms with E-state index in [1.165, 1.54) is 0 Å². The molecule has 0 bridgehead atoms. The van der Waals surface area contributed by atoms with E-state index in [0.717, 1.165) is 0 Å². The Hall–Kier alpha value is -1.99. The van der Waals surface area contributed by atoms with E-state index in [0.29, 0.717) is 42.6 Å². The summed E-state index contributed by atoms with van der Waals surface area (Å²) in [4.78, 5) is 28.0. The van der Waals surface area contributed by atoms with E-state index in [1.807, 2.05) is 18.7 Å². The molecule has 2 N–H and O–H groups in total. The molecule has 1 aliphatic rings. The summed E-state index contributed by atoms with van der Waals surface area (Å²) in [5, 5.41) is 6.24. The van der Waals surface area contributed by atoms with Crippen LogP contribution in [0.3, 0.4) is 0 Å². The van der Waals surface area contributed by atoms with Gasteiger partial charge in [-0.1, -0.05) is 11.6 Å². The van der Waals surface area contributed by atoms with Gasteiger partial charge in [0.25, 0.3) is 0 Å². The summed E-state index contributed by atoms with van der Waals surface area (Å²) in [6.07, 6.45) is 0. The second-order valence-electron chi connectivity index (χ2n) is 6.26. The largest absolute Gasteiger partial charge is 0.495 e.